The molecular weight excluding hydrogens is 294 g/mol. The van der Waals surface area contributed by atoms with E-state index in [0.717, 1.165) is 34.0 Å². The van der Waals surface area contributed by atoms with E-state index in [2.05, 4.69) is 4.98 Å². The van der Waals surface area contributed by atoms with Gasteiger partial charge < -0.3 is 10.5 Å². The lowest BCUT2D eigenvalue weighted by Crippen LogP contribution is -2.02. The number of benzene rings is 1. The van der Waals surface area contributed by atoms with E-state index in [-0.39, 0.29) is 0 Å². The average molecular weight is 311 g/mol. The third-order valence-electron chi connectivity index (χ3n) is 3.36. The van der Waals surface area contributed by atoms with Crippen molar-refractivity contribution in [3.63, 3.8) is 0 Å². The quantitative estimate of drug-likeness (QED) is 0.784. The summed E-state index contributed by atoms with van der Waals surface area (Å²) in [5, 5.41) is 0.997. The summed E-state index contributed by atoms with van der Waals surface area (Å²) in [5.74, 6) is 0.841. The standard InChI is InChI=1S/C17H17N3OS/c1-21-14-4-2-12(3-5-14)16-15(6-9-18)22-17(20-16)13-7-10-19-11-8-13/h2-5,7-8,10-11H,6,9,18H2,1H3. The molecule has 3 aromatic rings. The summed E-state index contributed by atoms with van der Waals surface area (Å²) in [4.78, 5) is 10.1. The van der Waals surface area contributed by atoms with E-state index in [0.29, 0.717) is 6.54 Å². The van der Waals surface area contributed by atoms with Gasteiger partial charge in [-0.15, -0.1) is 11.3 Å². The Balaban J connectivity index is 2.03. The Bertz CT molecular complexity index is 738. The van der Waals surface area contributed by atoms with E-state index in [4.69, 9.17) is 15.5 Å². The molecule has 4 nitrogen and oxygen atoms in total. The molecular formula is C17H17N3OS. The van der Waals surface area contributed by atoms with Crippen LogP contribution in [0.2, 0.25) is 0 Å². The minimum Gasteiger partial charge on any atom is -0.497 e. The summed E-state index contributed by atoms with van der Waals surface area (Å²) in [6, 6.07) is 11.9. The van der Waals surface area contributed by atoms with Gasteiger partial charge in [-0.25, -0.2) is 4.98 Å². The van der Waals surface area contributed by atoms with Crippen LogP contribution in [0.25, 0.3) is 21.8 Å². The molecule has 112 valence electrons. The Labute approximate surface area is 133 Å². The first kappa shape index (κ1) is 14.7. The highest BCUT2D eigenvalue weighted by Gasteiger charge is 2.14. The minimum absolute atomic E-state index is 0.612. The second kappa shape index (κ2) is 6.68. The van der Waals surface area contributed by atoms with Gasteiger partial charge in [0.25, 0.3) is 0 Å². The summed E-state index contributed by atoms with van der Waals surface area (Å²) < 4.78 is 5.21. The van der Waals surface area contributed by atoms with Crippen LogP contribution in [-0.2, 0) is 6.42 Å². The van der Waals surface area contributed by atoms with Crippen molar-refractivity contribution in [2.45, 2.75) is 6.42 Å². The Morgan fingerprint density at radius 1 is 1.05 bits per heavy atom. The Hall–Kier alpha value is -2.24. The van der Waals surface area contributed by atoms with E-state index in [1.807, 2.05) is 36.4 Å². The molecule has 0 atom stereocenters. The highest BCUT2D eigenvalue weighted by Crippen LogP contribution is 2.34. The first-order valence-electron chi connectivity index (χ1n) is 7.06. The molecule has 22 heavy (non-hydrogen) atoms. The highest BCUT2D eigenvalue weighted by molar-refractivity contribution is 7.15. The van der Waals surface area contributed by atoms with Crippen molar-refractivity contribution in [3.8, 4) is 27.6 Å². The van der Waals surface area contributed by atoms with Gasteiger partial charge in [-0.2, -0.15) is 0 Å². The van der Waals surface area contributed by atoms with Gasteiger partial charge in [-0.1, -0.05) is 0 Å². The van der Waals surface area contributed by atoms with Crippen LogP contribution in [0.5, 0.6) is 5.75 Å². The van der Waals surface area contributed by atoms with Gasteiger partial charge in [0, 0.05) is 28.4 Å². The van der Waals surface area contributed by atoms with Crippen molar-refractivity contribution >= 4 is 11.3 Å². The van der Waals surface area contributed by atoms with Crippen LogP contribution in [0.1, 0.15) is 4.88 Å². The normalized spacial score (nSPS) is 10.6. The summed E-state index contributed by atoms with van der Waals surface area (Å²) in [6.07, 6.45) is 4.39. The van der Waals surface area contributed by atoms with Gasteiger partial charge in [0.15, 0.2) is 0 Å². The first-order chi connectivity index (χ1) is 10.8. The van der Waals surface area contributed by atoms with Crippen molar-refractivity contribution in [2.24, 2.45) is 5.73 Å². The molecule has 2 N–H and O–H groups in total. The van der Waals surface area contributed by atoms with Gasteiger partial charge in [0.1, 0.15) is 10.8 Å². The summed E-state index contributed by atoms with van der Waals surface area (Å²) >= 11 is 1.69. The number of nitrogens with zero attached hydrogens (tertiary/aromatic N) is 2. The molecule has 0 spiro atoms. The zero-order chi connectivity index (χ0) is 15.4. The number of pyridine rings is 1. The number of thiazole rings is 1. The van der Waals surface area contributed by atoms with Crippen molar-refractivity contribution in [2.75, 3.05) is 13.7 Å². The summed E-state index contributed by atoms with van der Waals surface area (Å²) in [6.45, 7) is 0.612. The van der Waals surface area contributed by atoms with Gasteiger partial charge in [-0.05, 0) is 49.4 Å². The molecule has 0 aliphatic heterocycles. The first-order valence-corrected chi connectivity index (χ1v) is 7.88. The van der Waals surface area contributed by atoms with Gasteiger partial charge in [0.05, 0.1) is 12.8 Å². The minimum atomic E-state index is 0.612. The van der Waals surface area contributed by atoms with Gasteiger partial charge in [0.2, 0.25) is 0 Å². The van der Waals surface area contributed by atoms with Crippen LogP contribution in [0, 0.1) is 0 Å². The largest absolute Gasteiger partial charge is 0.497 e. The van der Waals surface area contributed by atoms with Crippen LogP contribution < -0.4 is 10.5 Å². The van der Waals surface area contributed by atoms with Crippen molar-refractivity contribution in [1.82, 2.24) is 9.97 Å². The second-order valence-corrected chi connectivity index (χ2v) is 5.88. The number of rotatable bonds is 5. The van der Waals surface area contributed by atoms with E-state index in [1.165, 1.54) is 4.88 Å². The monoisotopic (exact) mass is 311 g/mol. The molecule has 2 heterocycles. The molecule has 0 radical (unpaired) electrons. The molecule has 0 saturated carbocycles. The maximum Gasteiger partial charge on any atom is 0.124 e. The number of aromatic nitrogens is 2. The molecule has 0 bridgehead atoms. The van der Waals surface area contributed by atoms with Gasteiger partial charge >= 0.3 is 0 Å². The predicted molar refractivity (Wildman–Crippen MR) is 90.1 cm³/mol. The van der Waals surface area contributed by atoms with Crippen LogP contribution in [0.3, 0.4) is 0 Å². The maximum atomic E-state index is 5.75. The van der Waals surface area contributed by atoms with Crippen LogP contribution in [0.15, 0.2) is 48.8 Å². The Morgan fingerprint density at radius 3 is 2.41 bits per heavy atom. The number of hydrogen-bond acceptors (Lipinski definition) is 5. The third-order valence-corrected chi connectivity index (χ3v) is 4.52. The Kier molecular flexibility index (Phi) is 4.46. The van der Waals surface area contributed by atoms with Crippen LogP contribution in [-0.4, -0.2) is 23.6 Å². The predicted octanol–water partition coefficient (Wildman–Crippen LogP) is 3.38. The van der Waals surface area contributed by atoms with Gasteiger partial charge in [-0.3, -0.25) is 4.98 Å². The maximum absolute atomic E-state index is 5.75. The number of nitrogens with two attached hydrogens (primary N) is 1. The van der Waals surface area contributed by atoms with Crippen LogP contribution >= 0.6 is 11.3 Å². The molecule has 1 aromatic carbocycles. The number of methoxy groups -OCH3 is 1. The fourth-order valence-electron chi connectivity index (χ4n) is 2.24. The van der Waals surface area contributed by atoms with E-state index < -0.39 is 0 Å². The fourth-order valence-corrected chi connectivity index (χ4v) is 3.35. The number of hydrogen-bond donors (Lipinski definition) is 1. The molecule has 2 aromatic heterocycles. The average Bonchev–Trinajstić information content (AvgIpc) is 3.00. The molecule has 0 amide bonds. The lowest BCUT2D eigenvalue weighted by Gasteiger charge is -2.03. The fraction of sp³-hybridized carbons (Fsp3) is 0.176. The lowest BCUT2D eigenvalue weighted by atomic mass is 10.1. The third kappa shape index (κ3) is 3.00. The lowest BCUT2D eigenvalue weighted by molar-refractivity contribution is 0.415. The number of ether oxygens (including phenoxy) is 1. The van der Waals surface area contributed by atoms with E-state index >= 15 is 0 Å². The topological polar surface area (TPSA) is 61.0 Å². The molecule has 5 heteroatoms. The van der Waals surface area contributed by atoms with Crippen molar-refractivity contribution < 1.29 is 4.74 Å². The van der Waals surface area contributed by atoms with Crippen molar-refractivity contribution in [1.29, 1.82) is 0 Å². The molecule has 0 aliphatic rings. The summed E-state index contributed by atoms with van der Waals surface area (Å²) in [5.41, 5.74) is 8.92. The zero-order valence-corrected chi connectivity index (χ0v) is 13.1. The second-order valence-electron chi connectivity index (χ2n) is 4.79. The Morgan fingerprint density at radius 2 is 1.77 bits per heavy atom. The van der Waals surface area contributed by atoms with E-state index in [9.17, 15) is 0 Å². The molecule has 0 unspecified atom stereocenters. The highest BCUT2D eigenvalue weighted by atomic mass is 32.1. The van der Waals surface area contributed by atoms with E-state index in [1.54, 1.807) is 30.8 Å². The zero-order valence-electron chi connectivity index (χ0n) is 12.3. The summed E-state index contributed by atoms with van der Waals surface area (Å²) in [7, 11) is 1.67. The smallest absolute Gasteiger partial charge is 0.124 e. The molecule has 0 fully saturated rings. The van der Waals surface area contributed by atoms with Crippen LogP contribution in [0.4, 0.5) is 0 Å². The molecule has 0 saturated heterocycles. The van der Waals surface area contributed by atoms with Crippen molar-refractivity contribution in [3.05, 3.63) is 53.7 Å². The SMILES string of the molecule is COc1ccc(-c2nc(-c3ccncc3)sc2CCN)cc1. The molecule has 3 rings (SSSR count). The molecule has 0 aliphatic carbocycles.